The minimum absolute atomic E-state index is 0.158. The van der Waals surface area contributed by atoms with Gasteiger partial charge in [-0.2, -0.15) is 5.10 Å². The Hall–Kier alpha value is -1.37. The first-order chi connectivity index (χ1) is 8.50. The molecule has 0 bridgehead atoms. The lowest BCUT2D eigenvalue weighted by molar-refractivity contribution is -0.122. The summed E-state index contributed by atoms with van der Waals surface area (Å²) in [5.41, 5.74) is 5.88. The van der Waals surface area contributed by atoms with Crippen molar-refractivity contribution in [3.05, 3.63) is 21.0 Å². The lowest BCUT2D eigenvalue weighted by atomic mass is 9.97. The molecule has 18 heavy (non-hydrogen) atoms. The van der Waals surface area contributed by atoms with E-state index >= 15 is 0 Å². The number of primary amides is 1. The van der Waals surface area contributed by atoms with Gasteiger partial charge in [0.15, 0.2) is 0 Å². The largest absolute Gasteiger partial charge is 0.369 e. The van der Waals surface area contributed by atoms with Gasteiger partial charge in [0.25, 0.3) is 5.56 Å². The number of hydrogen-bond donors (Lipinski definition) is 1. The van der Waals surface area contributed by atoms with Crippen LogP contribution in [-0.2, 0) is 11.8 Å². The zero-order valence-electron chi connectivity index (χ0n) is 10.1. The summed E-state index contributed by atoms with van der Waals surface area (Å²) in [6, 6.07) is 0. The van der Waals surface area contributed by atoms with Gasteiger partial charge in [0, 0.05) is 20.1 Å². The van der Waals surface area contributed by atoms with Crippen molar-refractivity contribution in [3.8, 4) is 0 Å². The molecule has 2 N–H and O–H groups in total. The van der Waals surface area contributed by atoms with E-state index in [9.17, 15) is 9.59 Å². The molecule has 0 aromatic carbocycles. The molecular weight excluding hydrogens is 300 g/mol. The van der Waals surface area contributed by atoms with Crippen molar-refractivity contribution < 1.29 is 4.79 Å². The van der Waals surface area contributed by atoms with Crippen LogP contribution < -0.4 is 16.2 Å². The number of anilines is 1. The van der Waals surface area contributed by atoms with Gasteiger partial charge in [-0.15, -0.1) is 0 Å². The Morgan fingerprint density at radius 1 is 1.61 bits per heavy atom. The van der Waals surface area contributed by atoms with Gasteiger partial charge in [-0.1, -0.05) is 0 Å². The number of halogens is 1. The highest BCUT2D eigenvalue weighted by Gasteiger charge is 2.26. The summed E-state index contributed by atoms with van der Waals surface area (Å²) in [6.07, 6.45) is 3.33. The van der Waals surface area contributed by atoms with Crippen molar-refractivity contribution in [1.82, 2.24) is 9.78 Å². The molecule has 0 radical (unpaired) electrons. The van der Waals surface area contributed by atoms with Crippen LogP contribution >= 0.6 is 15.9 Å². The van der Waals surface area contributed by atoms with Crippen LogP contribution in [0.25, 0.3) is 0 Å². The highest BCUT2D eigenvalue weighted by Crippen LogP contribution is 2.26. The van der Waals surface area contributed by atoms with Crippen LogP contribution in [0.5, 0.6) is 0 Å². The molecule has 1 aromatic rings. The van der Waals surface area contributed by atoms with Gasteiger partial charge >= 0.3 is 0 Å². The maximum Gasteiger partial charge on any atom is 0.282 e. The van der Waals surface area contributed by atoms with Crippen LogP contribution in [0.1, 0.15) is 12.8 Å². The molecule has 0 spiro atoms. The first kappa shape index (κ1) is 13.1. The lowest BCUT2D eigenvalue weighted by Crippen LogP contribution is -2.42. The van der Waals surface area contributed by atoms with E-state index in [1.165, 1.54) is 4.68 Å². The fourth-order valence-electron chi connectivity index (χ4n) is 2.15. The number of aromatic nitrogens is 2. The number of piperidine rings is 1. The first-order valence-electron chi connectivity index (χ1n) is 5.76. The quantitative estimate of drug-likeness (QED) is 0.848. The highest BCUT2D eigenvalue weighted by molar-refractivity contribution is 9.10. The Balaban J connectivity index is 2.29. The number of carbonyl (C=O) groups excluding carboxylic acids is 1. The Bertz CT molecular complexity index is 528. The van der Waals surface area contributed by atoms with E-state index in [1.54, 1.807) is 13.2 Å². The second-order valence-corrected chi connectivity index (χ2v) is 5.25. The standard InChI is InChI=1S/C11H15BrN4O2/c1-15-11(18)9(12)8(5-14-15)16-4-2-3-7(6-16)10(13)17/h5,7H,2-4,6H2,1H3,(H2,13,17). The number of hydrogen-bond acceptors (Lipinski definition) is 4. The van der Waals surface area contributed by atoms with Crippen LogP contribution in [0.4, 0.5) is 5.69 Å². The smallest absolute Gasteiger partial charge is 0.282 e. The summed E-state index contributed by atoms with van der Waals surface area (Å²) in [7, 11) is 1.60. The fourth-order valence-corrected chi connectivity index (χ4v) is 2.76. The summed E-state index contributed by atoms with van der Waals surface area (Å²) in [4.78, 5) is 25.0. The van der Waals surface area contributed by atoms with E-state index in [0.29, 0.717) is 11.0 Å². The van der Waals surface area contributed by atoms with E-state index in [4.69, 9.17) is 5.73 Å². The zero-order chi connectivity index (χ0) is 13.3. The molecule has 7 heteroatoms. The van der Waals surface area contributed by atoms with Crippen LogP contribution in [0.15, 0.2) is 15.5 Å². The Labute approximate surface area is 113 Å². The van der Waals surface area contributed by atoms with Gasteiger partial charge in [0.1, 0.15) is 4.47 Å². The Kier molecular flexibility index (Phi) is 3.70. The molecule has 1 fully saturated rings. The Morgan fingerprint density at radius 3 is 3.00 bits per heavy atom. The molecule has 98 valence electrons. The third-order valence-electron chi connectivity index (χ3n) is 3.22. The van der Waals surface area contributed by atoms with E-state index < -0.39 is 0 Å². The average Bonchev–Trinajstić information content (AvgIpc) is 2.36. The molecule has 6 nitrogen and oxygen atoms in total. The molecule has 0 saturated carbocycles. The van der Waals surface area contributed by atoms with Gasteiger partial charge in [0.05, 0.1) is 17.8 Å². The molecule has 0 aliphatic carbocycles. The van der Waals surface area contributed by atoms with E-state index in [1.807, 2.05) is 4.90 Å². The second kappa shape index (κ2) is 5.09. The number of carbonyl (C=O) groups is 1. The van der Waals surface area contributed by atoms with Crippen LogP contribution in [0.2, 0.25) is 0 Å². The molecule has 1 aliphatic rings. The predicted molar refractivity (Wildman–Crippen MR) is 71.3 cm³/mol. The van der Waals surface area contributed by atoms with Gasteiger partial charge in [0.2, 0.25) is 5.91 Å². The minimum Gasteiger partial charge on any atom is -0.369 e. The van der Waals surface area contributed by atoms with Crippen molar-refractivity contribution >= 4 is 27.5 Å². The molecule has 2 heterocycles. The van der Waals surface area contributed by atoms with Gasteiger partial charge in [-0.05, 0) is 28.8 Å². The van der Waals surface area contributed by atoms with Crippen molar-refractivity contribution in [2.75, 3.05) is 18.0 Å². The van der Waals surface area contributed by atoms with Crippen LogP contribution in [0.3, 0.4) is 0 Å². The minimum atomic E-state index is -0.285. The van der Waals surface area contributed by atoms with Gasteiger partial charge in [-0.3, -0.25) is 9.59 Å². The number of aryl methyl sites for hydroxylation is 1. The molecule has 1 unspecified atom stereocenters. The molecular formula is C11H15BrN4O2. The predicted octanol–water partition coefficient (Wildman–Crippen LogP) is 0.245. The van der Waals surface area contributed by atoms with Crippen molar-refractivity contribution in [2.24, 2.45) is 18.7 Å². The third-order valence-corrected chi connectivity index (χ3v) is 3.97. The molecule has 1 amide bonds. The summed E-state index contributed by atoms with van der Waals surface area (Å²) in [5.74, 6) is -0.442. The average molecular weight is 315 g/mol. The SMILES string of the molecule is Cn1ncc(N2CCCC(C(N)=O)C2)c(Br)c1=O. The molecule has 1 aromatic heterocycles. The van der Waals surface area contributed by atoms with Crippen LogP contribution in [-0.4, -0.2) is 28.8 Å². The van der Waals surface area contributed by atoms with Gasteiger partial charge in [-0.25, -0.2) is 4.68 Å². The summed E-state index contributed by atoms with van der Waals surface area (Å²) < 4.78 is 1.74. The third kappa shape index (κ3) is 2.40. The summed E-state index contributed by atoms with van der Waals surface area (Å²) in [6.45, 7) is 1.35. The number of amides is 1. The molecule has 1 atom stereocenters. The fraction of sp³-hybridized carbons (Fsp3) is 0.545. The zero-order valence-corrected chi connectivity index (χ0v) is 11.7. The monoisotopic (exact) mass is 314 g/mol. The number of nitrogens with zero attached hydrogens (tertiary/aromatic N) is 3. The number of rotatable bonds is 2. The molecule has 2 rings (SSSR count). The molecule has 1 aliphatic heterocycles. The normalized spacial score (nSPS) is 19.9. The maximum atomic E-state index is 11.8. The molecule has 1 saturated heterocycles. The summed E-state index contributed by atoms with van der Waals surface area (Å²) in [5, 5.41) is 4.00. The van der Waals surface area contributed by atoms with Gasteiger partial charge < -0.3 is 10.6 Å². The lowest BCUT2D eigenvalue weighted by Gasteiger charge is -2.33. The second-order valence-electron chi connectivity index (χ2n) is 4.46. The van der Waals surface area contributed by atoms with Crippen molar-refractivity contribution in [2.45, 2.75) is 12.8 Å². The summed E-state index contributed by atoms with van der Waals surface area (Å²) >= 11 is 3.29. The van der Waals surface area contributed by atoms with E-state index in [2.05, 4.69) is 21.0 Å². The highest BCUT2D eigenvalue weighted by atomic mass is 79.9. The topological polar surface area (TPSA) is 81.2 Å². The first-order valence-corrected chi connectivity index (χ1v) is 6.56. The van der Waals surface area contributed by atoms with E-state index in [-0.39, 0.29) is 17.4 Å². The van der Waals surface area contributed by atoms with Crippen LogP contribution in [0, 0.1) is 5.92 Å². The van der Waals surface area contributed by atoms with E-state index in [0.717, 1.165) is 25.1 Å². The van der Waals surface area contributed by atoms with Crippen molar-refractivity contribution in [1.29, 1.82) is 0 Å². The maximum absolute atomic E-state index is 11.8. The number of nitrogens with two attached hydrogens (primary N) is 1. The van der Waals surface area contributed by atoms with Crippen molar-refractivity contribution in [3.63, 3.8) is 0 Å². The Morgan fingerprint density at radius 2 is 2.33 bits per heavy atom.